The number of pyridine rings is 1. The van der Waals surface area contributed by atoms with E-state index in [0.29, 0.717) is 11.2 Å². The van der Waals surface area contributed by atoms with Gasteiger partial charge in [0.05, 0.1) is 5.56 Å². The van der Waals surface area contributed by atoms with Crippen molar-refractivity contribution < 1.29 is 4.79 Å². The fourth-order valence-electron chi connectivity index (χ4n) is 2.17. The van der Waals surface area contributed by atoms with Gasteiger partial charge < -0.3 is 14.6 Å². The number of benzene rings is 1. The van der Waals surface area contributed by atoms with Crippen molar-refractivity contribution in [3.8, 4) is 0 Å². The number of fused-ring (bicyclic) bond motifs is 1. The van der Waals surface area contributed by atoms with Gasteiger partial charge in [0.2, 0.25) is 0 Å². The van der Waals surface area contributed by atoms with Crippen LogP contribution in [0.3, 0.4) is 0 Å². The van der Waals surface area contributed by atoms with Gasteiger partial charge in [0, 0.05) is 44.1 Å². The van der Waals surface area contributed by atoms with Gasteiger partial charge in [-0.1, -0.05) is 0 Å². The summed E-state index contributed by atoms with van der Waals surface area (Å²) in [4.78, 5) is 18.6. The number of hydrogen-bond acceptors (Lipinski definition) is 3. The van der Waals surface area contributed by atoms with E-state index in [-0.39, 0.29) is 5.91 Å². The fraction of sp³-hybridized carbons (Fsp3) is 0.125. The lowest BCUT2D eigenvalue weighted by atomic mass is 10.2. The third-order valence-corrected chi connectivity index (χ3v) is 3.31. The lowest BCUT2D eigenvalue weighted by Gasteiger charge is -2.13. The summed E-state index contributed by atoms with van der Waals surface area (Å²) in [5.74, 6) is -0.163. The second-order valence-corrected chi connectivity index (χ2v) is 4.98. The van der Waals surface area contributed by atoms with Gasteiger partial charge in [-0.15, -0.1) is 0 Å². The van der Waals surface area contributed by atoms with Crippen LogP contribution in [0.15, 0.2) is 55.0 Å². The number of carbonyl (C=O) groups excluding carboxylic acids is 1. The third-order valence-electron chi connectivity index (χ3n) is 3.31. The molecular formula is C16H16N4O. The molecule has 1 amide bonds. The lowest BCUT2D eigenvalue weighted by Crippen LogP contribution is -2.14. The van der Waals surface area contributed by atoms with Gasteiger partial charge in [0.15, 0.2) is 0 Å². The summed E-state index contributed by atoms with van der Waals surface area (Å²) in [5.41, 5.74) is 3.06. The molecule has 0 saturated carbocycles. The average molecular weight is 280 g/mol. The normalized spacial score (nSPS) is 10.6. The molecule has 0 aliphatic heterocycles. The van der Waals surface area contributed by atoms with Crippen LogP contribution in [0, 0.1) is 0 Å². The van der Waals surface area contributed by atoms with Gasteiger partial charge in [0.1, 0.15) is 5.65 Å². The molecule has 0 bridgehead atoms. The van der Waals surface area contributed by atoms with Crippen LogP contribution < -0.4 is 10.2 Å². The molecule has 0 atom stereocenters. The molecule has 0 spiro atoms. The Morgan fingerprint density at radius 3 is 2.62 bits per heavy atom. The number of rotatable bonds is 3. The Hall–Kier alpha value is -2.82. The first kappa shape index (κ1) is 13.2. The molecule has 3 aromatic rings. The standard InChI is InChI=1S/C16H16N4O/c1-19(2)13-7-5-12(6-8-13)18-16(21)14-4-3-10-20-11-9-17-15(14)20/h3-11H,1-2H3,(H,18,21). The van der Waals surface area contributed by atoms with E-state index < -0.39 is 0 Å². The molecule has 2 heterocycles. The summed E-state index contributed by atoms with van der Waals surface area (Å²) in [7, 11) is 3.96. The van der Waals surface area contributed by atoms with Crippen molar-refractivity contribution in [2.24, 2.45) is 0 Å². The minimum atomic E-state index is -0.163. The smallest absolute Gasteiger partial charge is 0.259 e. The van der Waals surface area contributed by atoms with E-state index in [1.165, 1.54) is 0 Å². The van der Waals surface area contributed by atoms with Gasteiger partial charge >= 0.3 is 0 Å². The number of nitrogens with zero attached hydrogens (tertiary/aromatic N) is 3. The van der Waals surface area contributed by atoms with Crippen LogP contribution in [-0.4, -0.2) is 29.4 Å². The number of aromatic nitrogens is 2. The molecule has 3 rings (SSSR count). The predicted molar refractivity (Wildman–Crippen MR) is 83.9 cm³/mol. The summed E-state index contributed by atoms with van der Waals surface area (Å²) in [6.45, 7) is 0. The van der Waals surface area contributed by atoms with E-state index >= 15 is 0 Å². The summed E-state index contributed by atoms with van der Waals surface area (Å²) in [6.07, 6.45) is 5.36. The molecule has 1 N–H and O–H groups in total. The Bertz CT molecular complexity index is 774. The van der Waals surface area contributed by atoms with Crippen molar-refractivity contribution >= 4 is 22.9 Å². The summed E-state index contributed by atoms with van der Waals surface area (Å²) >= 11 is 0. The molecule has 5 nitrogen and oxygen atoms in total. The molecular weight excluding hydrogens is 264 g/mol. The molecule has 106 valence electrons. The van der Waals surface area contributed by atoms with Gasteiger partial charge in [-0.05, 0) is 36.4 Å². The highest BCUT2D eigenvalue weighted by Crippen LogP contribution is 2.17. The Morgan fingerprint density at radius 2 is 1.90 bits per heavy atom. The van der Waals surface area contributed by atoms with Crippen LogP contribution in [0.25, 0.3) is 5.65 Å². The zero-order valence-electron chi connectivity index (χ0n) is 11.9. The maximum absolute atomic E-state index is 12.4. The highest BCUT2D eigenvalue weighted by Gasteiger charge is 2.11. The van der Waals surface area contributed by atoms with Crippen LogP contribution >= 0.6 is 0 Å². The minimum Gasteiger partial charge on any atom is -0.378 e. The van der Waals surface area contributed by atoms with E-state index in [4.69, 9.17) is 0 Å². The largest absolute Gasteiger partial charge is 0.378 e. The zero-order chi connectivity index (χ0) is 14.8. The van der Waals surface area contributed by atoms with E-state index in [2.05, 4.69) is 10.3 Å². The monoisotopic (exact) mass is 280 g/mol. The average Bonchev–Trinajstić information content (AvgIpc) is 2.96. The first-order valence-electron chi connectivity index (χ1n) is 6.65. The Kier molecular flexibility index (Phi) is 3.31. The van der Waals surface area contributed by atoms with Crippen LogP contribution in [0.5, 0.6) is 0 Å². The lowest BCUT2D eigenvalue weighted by molar-refractivity contribution is 0.102. The maximum atomic E-state index is 12.4. The van der Waals surface area contributed by atoms with E-state index in [9.17, 15) is 4.79 Å². The molecule has 0 fully saturated rings. The highest BCUT2D eigenvalue weighted by molar-refractivity contribution is 6.08. The number of hydrogen-bond donors (Lipinski definition) is 1. The van der Waals surface area contributed by atoms with Gasteiger partial charge in [-0.25, -0.2) is 4.98 Å². The van der Waals surface area contributed by atoms with Crippen molar-refractivity contribution in [3.05, 3.63) is 60.6 Å². The molecule has 0 aliphatic rings. The Labute approximate surface area is 122 Å². The first-order chi connectivity index (χ1) is 10.1. The number of carbonyl (C=O) groups is 1. The molecule has 0 saturated heterocycles. The summed E-state index contributed by atoms with van der Waals surface area (Å²) in [6, 6.07) is 11.3. The number of imidazole rings is 1. The van der Waals surface area contributed by atoms with Crippen molar-refractivity contribution in [1.82, 2.24) is 9.38 Å². The fourth-order valence-corrected chi connectivity index (χ4v) is 2.17. The number of nitrogens with one attached hydrogen (secondary N) is 1. The molecule has 21 heavy (non-hydrogen) atoms. The number of anilines is 2. The molecule has 2 aromatic heterocycles. The minimum absolute atomic E-state index is 0.163. The molecule has 5 heteroatoms. The van der Waals surface area contributed by atoms with Crippen molar-refractivity contribution in [2.45, 2.75) is 0 Å². The molecule has 0 aliphatic carbocycles. The summed E-state index contributed by atoms with van der Waals surface area (Å²) in [5, 5.41) is 2.90. The molecule has 1 aromatic carbocycles. The van der Waals surface area contributed by atoms with Crippen LogP contribution in [-0.2, 0) is 0 Å². The Balaban J connectivity index is 1.84. The third kappa shape index (κ3) is 2.58. The second kappa shape index (κ2) is 5.28. The molecule has 0 unspecified atom stereocenters. The van der Waals surface area contributed by atoms with Crippen molar-refractivity contribution in [2.75, 3.05) is 24.3 Å². The predicted octanol–water partition coefficient (Wildman–Crippen LogP) is 2.65. The van der Waals surface area contributed by atoms with E-state index in [1.807, 2.05) is 66.1 Å². The maximum Gasteiger partial charge on any atom is 0.259 e. The SMILES string of the molecule is CN(C)c1ccc(NC(=O)c2cccn3ccnc23)cc1. The van der Waals surface area contributed by atoms with Crippen LogP contribution in [0.1, 0.15) is 10.4 Å². The first-order valence-corrected chi connectivity index (χ1v) is 6.65. The molecule has 0 radical (unpaired) electrons. The van der Waals surface area contributed by atoms with Crippen molar-refractivity contribution in [3.63, 3.8) is 0 Å². The quantitative estimate of drug-likeness (QED) is 0.802. The van der Waals surface area contributed by atoms with Crippen LogP contribution in [0.4, 0.5) is 11.4 Å². The Morgan fingerprint density at radius 1 is 1.14 bits per heavy atom. The topological polar surface area (TPSA) is 49.6 Å². The van der Waals surface area contributed by atoms with Crippen LogP contribution in [0.2, 0.25) is 0 Å². The van der Waals surface area contributed by atoms with Gasteiger partial charge in [-0.2, -0.15) is 0 Å². The van der Waals surface area contributed by atoms with Crippen molar-refractivity contribution in [1.29, 1.82) is 0 Å². The summed E-state index contributed by atoms with van der Waals surface area (Å²) < 4.78 is 1.82. The van der Waals surface area contributed by atoms with Gasteiger partial charge in [-0.3, -0.25) is 4.79 Å². The van der Waals surface area contributed by atoms with E-state index in [0.717, 1.165) is 11.4 Å². The van der Waals surface area contributed by atoms with Gasteiger partial charge in [0.25, 0.3) is 5.91 Å². The second-order valence-electron chi connectivity index (χ2n) is 4.98. The zero-order valence-corrected chi connectivity index (χ0v) is 11.9. The highest BCUT2D eigenvalue weighted by atomic mass is 16.1. The number of amides is 1. The van der Waals surface area contributed by atoms with E-state index in [1.54, 1.807) is 12.3 Å².